The van der Waals surface area contributed by atoms with Crippen LogP contribution in [0.15, 0.2) is 18.2 Å². The topological polar surface area (TPSA) is 186 Å². The fourth-order valence-corrected chi connectivity index (χ4v) is 6.86. The predicted molar refractivity (Wildman–Crippen MR) is 145 cm³/mol. The third kappa shape index (κ3) is 4.32. The minimum Gasteiger partial charge on any atom is -0.507 e. The van der Waals surface area contributed by atoms with Gasteiger partial charge in [-0.2, -0.15) is 0 Å². The molecule has 6 N–H and O–H groups in total. The molecule has 2 saturated heterocycles. The largest absolute Gasteiger partial charge is 0.507 e. The van der Waals surface area contributed by atoms with Gasteiger partial charge in [0.2, 0.25) is 5.78 Å². The Kier molecular flexibility index (Phi) is 7.29. The Balaban J connectivity index is 1.44. The van der Waals surface area contributed by atoms with Crippen LogP contribution in [0.3, 0.4) is 0 Å². The number of aliphatic hydroxyl groups excluding tert-OH is 2. The molecule has 0 unspecified atom stereocenters. The highest BCUT2D eigenvalue weighted by atomic mass is 16.7. The second-order valence-electron chi connectivity index (χ2n) is 11.5. The van der Waals surface area contributed by atoms with E-state index in [1.807, 2.05) is 0 Å². The molecule has 0 radical (unpaired) electrons. The maximum absolute atomic E-state index is 13.6. The van der Waals surface area contributed by atoms with Crippen LogP contribution in [-0.2, 0) is 14.2 Å². The Labute approximate surface area is 241 Å². The average Bonchev–Trinajstić information content (AvgIpc) is 2.97. The van der Waals surface area contributed by atoms with Crippen LogP contribution in [-0.4, -0.2) is 104 Å². The molecule has 42 heavy (non-hydrogen) atoms. The second-order valence-corrected chi connectivity index (χ2v) is 11.5. The lowest BCUT2D eigenvalue weighted by atomic mass is 9.70. The minimum atomic E-state index is -1.82. The van der Waals surface area contributed by atoms with Gasteiger partial charge in [0.25, 0.3) is 0 Å². The summed E-state index contributed by atoms with van der Waals surface area (Å²) in [5.74, 6) is -3.61. The summed E-state index contributed by atoms with van der Waals surface area (Å²) in [5.41, 5.74) is -3.80. The molecule has 2 fully saturated rings. The Morgan fingerprint density at radius 2 is 1.67 bits per heavy atom. The van der Waals surface area contributed by atoms with E-state index in [9.17, 15) is 40.2 Å². The van der Waals surface area contributed by atoms with Crippen LogP contribution in [0.25, 0.3) is 0 Å². The van der Waals surface area contributed by atoms with E-state index >= 15 is 0 Å². The molecule has 0 aromatic heterocycles. The average molecular weight is 586 g/mol. The van der Waals surface area contributed by atoms with Gasteiger partial charge in [-0.3, -0.25) is 14.5 Å². The number of hydrogen-bond donors (Lipinski definition) is 6. The van der Waals surface area contributed by atoms with Crippen molar-refractivity contribution in [2.24, 2.45) is 0 Å². The molecule has 0 spiro atoms. The maximum Gasteiger partial charge on any atom is 0.202 e. The second kappa shape index (κ2) is 10.6. The van der Waals surface area contributed by atoms with E-state index in [1.54, 1.807) is 13.8 Å². The van der Waals surface area contributed by atoms with Crippen LogP contribution in [0.4, 0.5) is 0 Å². The number of hydrogen-bond acceptors (Lipinski definition) is 12. The van der Waals surface area contributed by atoms with Gasteiger partial charge in [-0.25, -0.2) is 0 Å². The van der Waals surface area contributed by atoms with Crippen LogP contribution in [0.1, 0.15) is 88.3 Å². The first-order valence-electron chi connectivity index (χ1n) is 14.2. The van der Waals surface area contributed by atoms with E-state index in [-0.39, 0.29) is 47.6 Å². The highest BCUT2D eigenvalue weighted by molar-refractivity contribution is 6.31. The van der Waals surface area contributed by atoms with Gasteiger partial charge in [-0.15, -0.1) is 0 Å². The van der Waals surface area contributed by atoms with Crippen molar-refractivity contribution in [3.8, 4) is 17.2 Å². The SMILES string of the molecule is CC[C@@]1(O)C[C@H](O[C@H]2C[C@H](N3CCOCC3)[C@H](O)[C@H](C)O2)c2c(O)c3c(c(O)c2[C@H]1O)C(=O)c1cccc(O)c1C3=O. The molecule has 2 aromatic rings. The number of fused-ring (bicyclic) bond motifs is 3. The zero-order valence-corrected chi connectivity index (χ0v) is 23.3. The molecule has 226 valence electrons. The van der Waals surface area contributed by atoms with Crippen LogP contribution in [0, 0.1) is 0 Å². The summed E-state index contributed by atoms with van der Waals surface area (Å²) in [6.07, 6.45) is -5.23. The third-order valence-corrected chi connectivity index (χ3v) is 9.25. The van der Waals surface area contributed by atoms with Crippen molar-refractivity contribution < 1.29 is 54.4 Å². The molecule has 2 heterocycles. The van der Waals surface area contributed by atoms with E-state index in [0.717, 1.165) is 0 Å². The standard InChI is InChI=1S/C30H35NO11/c1-3-30(39)12-17(42-18-11-15(24(33)13(2)41-18)31-7-9-40-10-8-31)20-23(29(30)38)28(37)21-22(27(20)36)26(35)19-14(25(21)34)5-4-6-16(19)32/h4-6,13,15,17-18,24,29,32-33,36-39H,3,7-12H2,1-2H3/t13-,15-,17-,18-,24+,29+,30+/m0/s1. The molecular weight excluding hydrogens is 550 g/mol. The van der Waals surface area contributed by atoms with Crippen molar-refractivity contribution >= 4 is 11.6 Å². The summed E-state index contributed by atoms with van der Waals surface area (Å²) >= 11 is 0. The summed E-state index contributed by atoms with van der Waals surface area (Å²) < 4.78 is 17.8. The van der Waals surface area contributed by atoms with E-state index in [1.165, 1.54) is 18.2 Å². The van der Waals surface area contributed by atoms with Crippen molar-refractivity contribution in [3.63, 3.8) is 0 Å². The van der Waals surface area contributed by atoms with Gasteiger partial charge in [0.1, 0.15) is 23.4 Å². The zero-order chi connectivity index (χ0) is 30.1. The van der Waals surface area contributed by atoms with Crippen LogP contribution in [0.2, 0.25) is 0 Å². The number of phenolic OH excluding ortho intramolecular Hbond substituents is 3. The summed E-state index contributed by atoms with van der Waals surface area (Å²) in [7, 11) is 0. The molecule has 6 rings (SSSR count). The third-order valence-electron chi connectivity index (χ3n) is 9.25. The van der Waals surface area contributed by atoms with Crippen molar-refractivity contribution in [2.45, 2.75) is 75.5 Å². The summed E-state index contributed by atoms with van der Waals surface area (Å²) in [6, 6.07) is 3.60. The fraction of sp³-hybridized carbons (Fsp3) is 0.533. The lowest BCUT2D eigenvalue weighted by Gasteiger charge is -2.47. The first-order valence-corrected chi connectivity index (χ1v) is 14.2. The number of carbonyl (C=O) groups excluding carboxylic acids is 2. The van der Waals surface area contributed by atoms with Crippen molar-refractivity contribution in [1.82, 2.24) is 4.90 Å². The van der Waals surface area contributed by atoms with Crippen LogP contribution < -0.4 is 0 Å². The fourth-order valence-electron chi connectivity index (χ4n) is 6.86. The maximum atomic E-state index is 13.6. The number of carbonyl (C=O) groups is 2. The van der Waals surface area contributed by atoms with Gasteiger partial charge >= 0.3 is 0 Å². The monoisotopic (exact) mass is 585 g/mol. The zero-order valence-electron chi connectivity index (χ0n) is 23.3. The number of phenols is 3. The molecule has 2 aromatic carbocycles. The molecular formula is C30H35NO11. The molecule has 0 amide bonds. The highest BCUT2D eigenvalue weighted by Gasteiger charge is 2.52. The number of ketones is 2. The lowest BCUT2D eigenvalue weighted by Crippen LogP contribution is -2.58. The number of rotatable bonds is 4. The Morgan fingerprint density at radius 3 is 2.36 bits per heavy atom. The van der Waals surface area contributed by atoms with E-state index in [0.29, 0.717) is 26.3 Å². The number of ether oxygens (including phenoxy) is 3. The molecule has 7 atom stereocenters. The van der Waals surface area contributed by atoms with Gasteiger partial charge in [-0.1, -0.05) is 19.1 Å². The first-order chi connectivity index (χ1) is 20.0. The number of aliphatic hydroxyl groups is 3. The summed E-state index contributed by atoms with van der Waals surface area (Å²) in [6.45, 7) is 5.61. The van der Waals surface area contributed by atoms with Gasteiger partial charge in [-0.05, 0) is 19.4 Å². The number of nitrogens with zero attached hydrogens (tertiary/aromatic N) is 1. The Bertz CT molecular complexity index is 1440. The van der Waals surface area contributed by atoms with Crippen molar-refractivity contribution in [2.75, 3.05) is 26.3 Å². The first kappa shape index (κ1) is 29.0. The van der Waals surface area contributed by atoms with Crippen molar-refractivity contribution in [1.29, 1.82) is 0 Å². The quantitative estimate of drug-likeness (QED) is 0.242. The molecule has 4 aliphatic rings. The summed E-state index contributed by atoms with van der Waals surface area (Å²) in [5, 5.41) is 67.1. The van der Waals surface area contributed by atoms with Crippen LogP contribution in [0.5, 0.6) is 17.2 Å². The number of aromatic hydroxyl groups is 3. The van der Waals surface area contributed by atoms with Gasteiger partial charge < -0.3 is 44.8 Å². The van der Waals surface area contributed by atoms with E-state index in [2.05, 4.69) is 4.90 Å². The highest BCUT2D eigenvalue weighted by Crippen LogP contribution is 2.56. The summed E-state index contributed by atoms with van der Waals surface area (Å²) in [4.78, 5) is 29.2. The lowest BCUT2D eigenvalue weighted by molar-refractivity contribution is -0.264. The van der Waals surface area contributed by atoms with Crippen molar-refractivity contribution in [3.05, 3.63) is 51.6 Å². The van der Waals surface area contributed by atoms with E-state index in [4.69, 9.17) is 14.2 Å². The smallest absolute Gasteiger partial charge is 0.202 e. The predicted octanol–water partition coefficient (Wildman–Crippen LogP) is 1.41. The van der Waals surface area contributed by atoms with E-state index < -0.39 is 76.2 Å². The number of benzene rings is 2. The van der Waals surface area contributed by atoms with Crippen LogP contribution >= 0.6 is 0 Å². The molecule has 0 bridgehead atoms. The molecule has 2 aliphatic heterocycles. The molecule has 0 saturated carbocycles. The number of morpholine rings is 1. The Morgan fingerprint density at radius 1 is 1.00 bits per heavy atom. The van der Waals surface area contributed by atoms with Gasteiger partial charge in [0, 0.05) is 48.7 Å². The normalized spacial score (nSPS) is 33.2. The molecule has 12 heteroatoms. The Hall–Kier alpha value is -3.10. The minimum absolute atomic E-state index is 0.0331. The van der Waals surface area contributed by atoms with Gasteiger partial charge in [0.15, 0.2) is 12.1 Å². The molecule has 2 aliphatic carbocycles. The molecule has 12 nitrogen and oxygen atoms in total. The van der Waals surface area contributed by atoms with Gasteiger partial charge in [0.05, 0.1) is 53.8 Å².